The molecule has 2 aliphatic heterocycles. The van der Waals surface area contributed by atoms with Gasteiger partial charge in [-0.2, -0.15) is 0 Å². The van der Waals surface area contributed by atoms with Gasteiger partial charge in [0.2, 0.25) is 0 Å². The fourth-order valence-electron chi connectivity index (χ4n) is 3.50. The Morgan fingerprint density at radius 3 is 3.21 bits per heavy atom. The highest BCUT2D eigenvalue weighted by molar-refractivity contribution is 5.77. The molecular formula is C14H17N3O2. The molecule has 2 fully saturated rings. The Balaban J connectivity index is 1.74. The third kappa shape index (κ3) is 1.76. The minimum atomic E-state index is -0.383. The van der Waals surface area contributed by atoms with Crippen LogP contribution in [0.5, 0.6) is 0 Å². The second kappa shape index (κ2) is 4.13. The Bertz CT molecular complexity index is 660. The zero-order valence-corrected chi connectivity index (χ0v) is 10.7. The molecule has 0 aliphatic carbocycles. The molecular weight excluding hydrogens is 242 g/mol. The fraction of sp³-hybridized carbons (Fsp3) is 0.500. The summed E-state index contributed by atoms with van der Waals surface area (Å²) >= 11 is 0. The van der Waals surface area contributed by atoms with Crippen LogP contribution in [-0.2, 0) is 0 Å². The average Bonchev–Trinajstić information content (AvgIpc) is 3.01. The molecule has 2 N–H and O–H groups in total. The largest absolute Gasteiger partial charge is 0.417 e. The Labute approximate surface area is 110 Å². The second-order valence-corrected chi connectivity index (χ2v) is 5.52. The predicted octanol–water partition coefficient (Wildman–Crippen LogP) is 1.31. The third-order valence-corrected chi connectivity index (χ3v) is 4.41. The summed E-state index contributed by atoms with van der Waals surface area (Å²) in [6.07, 6.45) is 2.55. The minimum Gasteiger partial charge on any atom is -0.408 e. The van der Waals surface area contributed by atoms with Crippen molar-refractivity contribution in [2.45, 2.75) is 18.9 Å². The van der Waals surface area contributed by atoms with E-state index in [-0.39, 0.29) is 5.76 Å². The van der Waals surface area contributed by atoms with Gasteiger partial charge in [0.05, 0.1) is 5.52 Å². The molecule has 1 aromatic heterocycles. The standard InChI is InChI=1S/C14H17N3O2/c18-14-16-11-4-3-10(6-13(11)19-14)17-5-1-2-9-7-15-8-12(9)17/h3-4,6,9,12,15H,1-2,5,7-8H2,(H,16,18)/t9-,12+/m0/s1. The Hall–Kier alpha value is -1.75. The Morgan fingerprint density at radius 1 is 1.32 bits per heavy atom. The van der Waals surface area contributed by atoms with Crippen molar-refractivity contribution in [1.29, 1.82) is 0 Å². The summed E-state index contributed by atoms with van der Waals surface area (Å²) in [4.78, 5) is 16.4. The first-order chi connectivity index (χ1) is 9.31. The lowest BCUT2D eigenvalue weighted by Crippen LogP contribution is -2.45. The summed E-state index contributed by atoms with van der Waals surface area (Å²) in [7, 11) is 0. The number of H-pyrrole nitrogens is 1. The van der Waals surface area contributed by atoms with Gasteiger partial charge in [0, 0.05) is 37.4 Å². The molecule has 1 aromatic carbocycles. The van der Waals surface area contributed by atoms with Gasteiger partial charge in [-0.3, -0.25) is 4.98 Å². The molecule has 2 atom stereocenters. The SMILES string of the molecule is O=c1[nH]c2ccc(N3CCC[C@H]4CNC[C@H]43)cc2o1. The maximum absolute atomic E-state index is 11.2. The van der Waals surface area contributed by atoms with Crippen LogP contribution in [-0.4, -0.2) is 30.7 Å². The summed E-state index contributed by atoms with van der Waals surface area (Å²) in [5, 5.41) is 3.48. The van der Waals surface area contributed by atoms with E-state index in [9.17, 15) is 4.79 Å². The number of benzene rings is 1. The number of nitrogens with zero attached hydrogens (tertiary/aromatic N) is 1. The molecule has 5 heteroatoms. The zero-order valence-electron chi connectivity index (χ0n) is 10.7. The van der Waals surface area contributed by atoms with Gasteiger partial charge in [-0.25, -0.2) is 4.79 Å². The number of fused-ring (bicyclic) bond motifs is 2. The molecule has 2 saturated heterocycles. The molecule has 2 aromatic rings. The number of aromatic nitrogens is 1. The van der Waals surface area contributed by atoms with E-state index in [1.54, 1.807) is 0 Å². The number of anilines is 1. The quantitative estimate of drug-likeness (QED) is 0.810. The van der Waals surface area contributed by atoms with Gasteiger partial charge in [0.25, 0.3) is 0 Å². The van der Waals surface area contributed by atoms with Crippen molar-refractivity contribution in [1.82, 2.24) is 10.3 Å². The fourth-order valence-corrected chi connectivity index (χ4v) is 3.50. The van der Waals surface area contributed by atoms with Crippen LogP contribution in [0.3, 0.4) is 0 Å². The molecule has 0 bridgehead atoms. The second-order valence-electron chi connectivity index (χ2n) is 5.52. The number of oxazole rings is 1. The molecule has 5 nitrogen and oxygen atoms in total. The summed E-state index contributed by atoms with van der Waals surface area (Å²) in [6, 6.07) is 6.57. The normalized spacial score (nSPS) is 26.8. The number of nitrogens with one attached hydrogen (secondary N) is 2. The zero-order chi connectivity index (χ0) is 12.8. The Kier molecular flexibility index (Phi) is 2.41. The molecule has 100 valence electrons. The first-order valence-corrected chi connectivity index (χ1v) is 6.91. The van der Waals surface area contributed by atoms with E-state index in [4.69, 9.17) is 4.42 Å². The molecule has 3 heterocycles. The number of piperidine rings is 1. The van der Waals surface area contributed by atoms with E-state index in [1.165, 1.54) is 12.8 Å². The van der Waals surface area contributed by atoms with Crippen molar-refractivity contribution < 1.29 is 4.42 Å². The molecule has 0 amide bonds. The van der Waals surface area contributed by atoms with Gasteiger partial charge >= 0.3 is 5.76 Å². The minimum absolute atomic E-state index is 0.383. The van der Waals surface area contributed by atoms with Gasteiger partial charge in [-0.05, 0) is 30.9 Å². The number of hydrogen-bond acceptors (Lipinski definition) is 4. The topological polar surface area (TPSA) is 61.3 Å². The van der Waals surface area contributed by atoms with Crippen LogP contribution in [0.2, 0.25) is 0 Å². The van der Waals surface area contributed by atoms with E-state index >= 15 is 0 Å². The maximum Gasteiger partial charge on any atom is 0.417 e. The number of aromatic amines is 1. The lowest BCUT2D eigenvalue weighted by Gasteiger charge is -2.38. The molecule has 0 radical (unpaired) electrons. The monoisotopic (exact) mass is 259 g/mol. The van der Waals surface area contributed by atoms with Crippen LogP contribution in [0, 0.1) is 5.92 Å². The van der Waals surface area contributed by atoms with Crippen LogP contribution >= 0.6 is 0 Å². The first kappa shape index (κ1) is 11.1. The van der Waals surface area contributed by atoms with Crippen LogP contribution < -0.4 is 16.0 Å². The Morgan fingerprint density at radius 2 is 2.26 bits per heavy atom. The van der Waals surface area contributed by atoms with Gasteiger partial charge in [-0.1, -0.05) is 0 Å². The molecule has 4 rings (SSSR count). The van der Waals surface area contributed by atoms with Gasteiger partial charge < -0.3 is 14.6 Å². The molecule has 19 heavy (non-hydrogen) atoms. The lowest BCUT2D eigenvalue weighted by atomic mass is 9.91. The molecule has 0 spiro atoms. The molecule has 0 unspecified atom stereocenters. The molecule has 0 saturated carbocycles. The third-order valence-electron chi connectivity index (χ3n) is 4.41. The maximum atomic E-state index is 11.2. The summed E-state index contributed by atoms with van der Waals surface area (Å²) in [5.41, 5.74) is 2.58. The van der Waals surface area contributed by atoms with E-state index in [0.717, 1.165) is 36.8 Å². The van der Waals surface area contributed by atoms with Crippen LogP contribution in [0.4, 0.5) is 5.69 Å². The van der Waals surface area contributed by atoms with Crippen LogP contribution in [0.1, 0.15) is 12.8 Å². The van der Waals surface area contributed by atoms with Crippen molar-refractivity contribution in [3.8, 4) is 0 Å². The van der Waals surface area contributed by atoms with Crippen molar-refractivity contribution >= 4 is 16.8 Å². The number of rotatable bonds is 1. The molecule has 2 aliphatic rings. The highest BCUT2D eigenvalue weighted by Crippen LogP contribution is 2.32. The average molecular weight is 259 g/mol. The van der Waals surface area contributed by atoms with E-state index in [1.807, 2.05) is 12.1 Å². The smallest absolute Gasteiger partial charge is 0.408 e. The number of hydrogen-bond donors (Lipinski definition) is 2. The first-order valence-electron chi connectivity index (χ1n) is 6.91. The van der Waals surface area contributed by atoms with Crippen molar-refractivity contribution in [3.05, 3.63) is 28.7 Å². The predicted molar refractivity (Wildman–Crippen MR) is 73.6 cm³/mol. The van der Waals surface area contributed by atoms with Crippen molar-refractivity contribution in [3.63, 3.8) is 0 Å². The summed E-state index contributed by atoms with van der Waals surface area (Å²) in [6.45, 7) is 3.27. The van der Waals surface area contributed by atoms with Gasteiger partial charge in [0.1, 0.15) is 0 Å². The van der Waals surface area contributed by atoms with Crippen LogP contribution in [0.25, 0.3) is 11.1 Å². The van der Waals surface area contributed by atoms with Crippen molar-refractivity contribution in [2.75, 3.05) is 24.5 Å². The van der Waals surface area contributed by atoms with E-state index in [0.29, 0.717) is 11.6 Å². The van der Waals surface area contributed by atoms with Crippen LogP contribution in [0.15, 0.2) is 27.4 Å². The van der Waals surface area contributed by atoms with E-state index in [2.05, 4.69) is 21.3 Å². The highest BCUT2D eigenvalue weighted by Gasteiger charge is 2.35. The lowest BCUT2D eigenvalue weighted by molar-refractivity contribution is 0.385. The highest BCUT2D eigenvalue weighted by atomic mass is 16.4. The van der Waals surface area contributed by atoms with Gasteiger partial charge in [-0.15, -0.1) is 0 Å². The summed E-state index contributed by atoms with van der Waals surface area (Å²) in [5.74, 6) is 0.369. The summed E-state index contributed by atoms with van der Waals surface area (Å²) < 4.78 is 5.16. The van der Waals surface area contributed by atoms with Crippen molar-refractivity contribution in [2.24, 2.45) is 5.92 Å². The van der Waals surface area contributed by atoms with E-state index < -0.39 is 0 Å². The van der Waals surface area contributed by atoms with Gasteiger partial charge in [0.15, 0.2) is 5.58 Å².